The fourth-order valence-electron chi connectivity index (χ4n) is 3.23. The highest BCUT2D eigenvalue weighted by Gasteiger charge is 2.31. The zero-order valence-electron chi connectivity index (χ0n) is 15.2. The summed E-state index contributed by atoms with van der Waals surface area (Å²) in [6.07, 6.45) is 0. The molecule has 2 aromatic heterocycles. The van der Waals surface area contributed by atoms with Gasteiger partial charge in [0.15, 0.2) is 0 Å². The van der Waals surface area contributed by atoms with Crippen molar-refractivity contribution in [3.05, 3.63) is 63.0 Å². The van der Waals surface area contributed by atoms with Crippen molar-refractivity contribution >= 4 is 39.4 Å². The number of thioether (sulfide) groups is 1. The molecule has 0 fully saturated rings. The van der Waals surface area contributed by atoms with E-state index in [1.165, 1.54) is 0 Å². The Morgan fingerprint density at radius 1 is 1.15 bits per heavy atom. The minimum atomic E-state index is -0.0496. The Hall–Kier alpha value is -2.19. The third-order valence-electron chi connectivity index (χ3n) is 4.34. The summed E-state index contributed by atoms with van der Waals surface area (Å²) in [4.78, 5) is 21.4. The number of rotatable bonds is 2. The van der Waals surface area contributed by atoms with Gasteiger partial charge in [0, 0.05) is 21.4 Å². The molecule has 1 aromatic carbocycles. The van der Waals surface area contributed by atoms with Crippen LogP contribution in [0.3, 0.4) is 0 Å². The number of aromatic nitrogens is 4. The summed E-state index contributed by atoms with van der Waals surface area (Å²) in [7, 11) is 0. The van der Waals surface area contributed by atoms with E-state index in [9.17, 15) is 4.79 Å². The van der Waals surface area contributed by atoms with Gasteiger partial charge in [0.1, 0.15) is 5.82 Å². The number of nitrogens with one attached hydrogen (secondary N) is 1. The molecule has 3 aromatic rings. The molecule has 0 saturated carbocycles. The lowest BCUT2D eigenvalue weighted by atomic mass is 10.0. The number of amides is 1. The standard InChI is InChI=1S/C19H18BrN5OS/c1-10-8-11(2)22-19(21-10)25-18-16(12(3)24-25)17(27-9-15(26)23-18)13-4-6-14(20)7-5-13/h4-8,17H,9H2,1-3H3,(H,23,26). The van der Waals surface area contributed by atoms with Crippen LogP contribution in [0.15, 0.2) is 34.8 Å². The number of anilines is 1. The molecule has 1 atom stereocenters. The molecular formula is C19H18BrN5OS. The Labute approximate surface area is 169 Å². The van der Waals surface area contributed by atoms with E-state index >= 15 is 0 Å². The summed E-state index contributed by atoms with van der Waals surface area (Å²) >= 11 is 5.08. The van der Waals surface area contributed by atoms with Crippen molar-refractivity contribution in [1.29, 1.82) is 0 Å². The second kappa shape index (κ2) is 7.09. The van der Waals surface area contributed by atoms with Gasteiger partial charge in [-0.2, -0.15) is 9.78 Å². The van der Waals surface area contributed by atoms with Crippen molar-refractivity contribution in [2.75, 3.05) is 11.1 Å². The van der Waals surface area contributed by atoms with Gasteiger partial charge in [-0.05, 0) is 44.5 Å². The molecule has 1 unspecified atom stereocenters. The number of benzene rings is 1. The molecule has 138 valence electrons. The zero-order chi connectivity index (χ0) is 19.1. The molecular weight excluding hydrogens is 426 g/mol. The second-order valence-electron chi connectivity index (χ2n) is 6.50. The number of carbonyl (C=O) groups excluding carboxylic acids is 1. The molecule has 1 amide bonds. The minimum absolute atomic E-state index is 0.00621. The van der Waals surface area contributed by atoms with E-state index in [0.717, 1.165) is 32.7 Å². The third-order valence-corrected chi connectivity index (χ3v) is 6.14. The van der Waals surface area contributed by atoms with E-state index in [4.69, 9.17) is 0 Å². The summed E-state index contributed by atoms with van der Waals surface area (Å²) < 4.78 is 2.68. The smallest absolute Gasteiger partial charge is 0.252 e. The maximum absolute atomic E-state index is 12.4. The summed E-state index contributed by atoms with van der Waals surface area (Å²) in [6, 6.07) is 10.1. The maximum Gasteiger partial charge on any atom is 0.252 e. The van der Waals surface area contributed by atoms with Gasteiger partial charge in [-0.1, -0.05) is 28.1 Å². The SMILES string of the molecule is Cc1cc(C)nc(-n2nc(C)c3c2NC(=O)CSC3c2ccc(Br)cc2)n1. The number of carbonyl (C=O) groups is 1. The number of hydrogen-bond acceptors (Lipinski definition) is 5. The van der Waals surface area contributed by atoms with Crippen LogP contribution in [0.1, 0.15) is 33.5 Å². The predicted molar refractivity (Wildman–Crippen MR) is 110 cm³/mol. The average molecular weight is 444 g/mol. The topological polar surface area (TPSA) is 72.7 Å². The lowest BCUT2D eigenvalue weighted by Crippen LogP contribution is -2.17. The van der Waals surface area contributed by atoms with E-state index in [0.29, 0.717) is 17.5 Å². The Morgan fingerprint density at radius 3 is 2.48 bits per heavy atom. The van der Waals surface area contributed by atoms with Gasteiger partial charge in [0.2, 0.25) is 5.91 Å². The average Bonchev–Trinajstić information content (AvgIpc) is 2.81. The van der Waals surface area contributed by atoms with Gasteiger partial charge in [0.25, 0.3) is 5.95 Å². The Bertz CT molecular complexity index is 1010. The highest BCUT2D eigenvalue weighted by Crippen LogP contribution is 2.43. The van der Waals surface area contributed by atoms with Crippen LogP contribution in [0.25, 0.3) is 5.95 Å². The molecule has 1 aliphatic rings. The molecule has 0 bridgehead atoms. The number of nitrogens with zero attached hydrogens (tertiary/aromatic N) is 4. The van der Waals surface area contributed by atoms with E-state index < -0.39 is 0 Å². The molecule has 27 heavy (non-hydrogen) atoms. The molecule has 4 rings (SSSR count). The largest absolute Gasteiger partial charge is 0.309 e. The van der Waals surface area contributed by atoms with Crippen LogP contribution in [-0.4, -0.2) is 31.4 Å². The van der Waals surface area contributed by atoms with Crippen LogP contribution in [0.2, 0.25) is 0 Å². The minimum Gasteiger partial charge on any atom is -0.309 e. The Balaban J connectivity index is 1.90. The summed E-state index contributed by atoms with van der Waals surface area (Å²) in [5.41, 5.74) is 4.70. The van der Waals surface area contributed by atoms with Crippen molar-refractivity contribution in [2.45, 2.75) is 26.0 Å². The number of fused-ring (bicyclic) bond motifs is 1. The van der Waals surface area contributed by atoms with Crippen molar-refractivity contribution in [2.24, 2.45) is 0 Å². The second-order valence-corrected chi connectivity index (χ2v) is 8.51. The molecule has 0 spiro atoms. The van der Waals surface area contributed by atoms with Crippen molar-refractivity contribution in [1.82, 2.24) is 19.7 Å². The van der Waals surface area contributed by atoms with Crippen molar-refractivity contribution < 1.29 is 4.79 Å². The molecule has 3 heterocycles. The number of aryl methyl sites for hydroxylation is 3. The number of halogens is 1. The molecule has 1 N–H and O–H groups in total. The number of hydrogen-bond donors (Lipinski definition) is 1. The van der Waals surface area contributed by atoms with Crippen LogP contribution in [0, 0.1) is 20.8 Å². The summed E-state index contributed by atoms with van der Waals surface area (Å²) in [5.74, 6) is 1.45. The fraction of sp³-hybridized carbons (Fsp3) is 0.263. The normalized spacial score (nSPS) is 16.6. The first-order chi connectivity index (χ1) is 12.9. The van der Waals surface area contributed by atoms with Gasteiger partial charge in [-0.15, -0.1) is 11.8 Å². The monoisotopic (exact) mass is 443 g/mol. The first-order valence-electron chi connectivity index (χ1n) is 8.51. The van der Waals surface area contributed by atoms with Crippen molar-refractivity contribution in [3.63, 3.8) is 0 Å². The highest BCUT2D eigenvalue weighted by molar-refractivity contribution is 9.10. The summed E-state index contributed by atoms with van der Waals surface area (Å²) in [5, 5.41) is 7.69. The predicted octanol–water partition coefficient (Wildman–Crippen LogP) is 4.12. The molecule has 6 nitrogen and oxygen atoms in total. The quantitative estimate of drug-likeness (QED) is 0.644. The Kier molecular flexibility index (Phi) is 4.77. The molecule has 8 heteroatoms. The molecule has 0 radical (unpaired) electrons. The van der Waals surface area contributed by atoms with Gasteiger partial charge >= 0.3 is 0 Å². The van der Waals surface area contributed by atoms with E-state index in [1.807, 2.05) is 39.0 Å². The first-order valence-corrected chi connectivity index (χ1v) is 10.4. The van der Waals surface area contributed by atoms with Crippen LogP contribution in [-0.2, 0) is 4.79 Å². The molecule has 0 saturated heterocycles. The lowest BCUT2D eigenvalue weighted by molar-refractivity contribution is -0.113. The fourth-order valence-corrected chi connectivity index (χ4v) is 4.68. The lowest BCUT2D eigenvalue weighted by Gasteiger charge is -2.15. The molecule has 1 aliphatic heterocycles. The van der Waals surface area contributed by atoms with Gasteiger partial charge in [0.05, 0.1) is 16.7 Å². The maximum atomic E-state index is 12.4. The summed E-state index contributed by atoms with van der Waals surface area (Å²) in [6.45, 7) is 5.81. The van der Waals surface area contributed by atoms with Crippen LogP contribution >= 0.6 is 27.7 Å². The van der Waals surface area contributed by atoms with E-state index in [-0.39, 0.29) is 11.2 Å². The van der Waals surface area contributed by atoms with Crippen LogP contribution in [0.5, 0.6) is 0 Å². The van der Waals surface area contributed by atoms with Gasteiger partial charge in [-0.25, -0.2) is 9.97 Å². The van der Waals surface area contributed by atoms with Crippen LogP contribution in [0.4, 0.5) is 5.82 Å². The van der Waals surface area contributed by atoms with Gasteiger partial charge < -0.3 is 5.32 Å². The zero-order valence-corrected chi connectivity index (χ0v) is 17.6. The van der Waals surface area contributed by atoms with Gasteiger partial charge in [-0.3, -0.25) is 4.79 Å². The van der Waals surface area contributed by atoms with Crippen molar-refractivity contribution in [3.8, 4) is 5.95 Å². The van der Waals surface area contributed by atoms with E-state index in [2.05, 4.69) is 48.4 Å². The molecule has 0 aliphatic carbocycles. The van der Waals surface area contributed by atoms with Crippen LogP contribution < -0.4 is 5.32 Å². The van der Waals surface area contributed by atoms with E-state index in [1.54, 1.807) is 16.4 Å². The highest BCUT2D eigenvalue weighted by atomic mass is 79.9. The Morgan fingerprint density at radius 2 is 1.81 bits per heavy atom. The first kappa shape index (κ1) is 18.2. The third kappa shape index (κ3) is 3.51.